The largest absolute Gasteiger partial charge is 0.493 e. The number of allylic oxidation sites excluding steroid dienone is 2. The Hall–Kier alpha value is -2.45. The molecular weight excluding hydrogens is 372 g/mol. The zero-order valence-corrected chi connectivity index (χ0v) is 17.0. The molecule has 8 heteroatoms. The number of nitrogens with zero attached hydrogens (tertiary/aromatic N) is 3. The van der Waals surface area contributed by atoms with Gasteiger partial charge in [0.1, 0.15) is 5.75 Å². The number of hydrazine groups is 1. The fourth-order valence-corrected chi connectivity index (χ4v) is 4.15. The Labute approximate surface area is 171 Å². The molecule has 0 aromatic heterocycles. The topological polar surface area (TPSA) is 102 Å². The number of benzene rings is 1. The average Bonchev–Trinajstić information content (AvgIpc) is 2.74. The van der Waals surface area contributed by atoms with E-state index in [1.165, 1.54) is 29.6 Å². The van der Waals surface area contributed by atoms with Crippen molar-refractivity contribution in [1.29, 1.82) is 0 Å². The third-order valence-electron chi connectivity index (χ3n) is 5.78. The summed E-state index contributed by atoms with van der Waals surface area (Å²) >= 11 is 0. The van der Waals surface area contributed by atoms with E-state index < -0.39 is 10.8 Å². The Morgan fingerprint density at radius 1 is 1.31 bits per heavy atom. The van der Waals surface area contributed by atoms with E-state index in [4.69, 9.17) is 10.6 Å². The van der Waals surface area contributed by atoms with Crippen LogP contribution in [0.2, 0.25) is 0 Å². The van der Waals surface area contributed by atoms with Crippen molar-refractivity contribution in [3.05, 3.63) is 46.0 Å². The first-order valence-electron chi connectivity index (χ1n) is 10.4. The number of hydrogen-bond donors (Lipinski definition) is 1. The van der Waals surface area contributed by atoms with Gasteiger partial charge in [-0.3, -0.25) is 19.9 Å². The summed E-state index contributed by atoms with van der Waals surface area (Å²) in [5.74, 6) is 6.77. The summed E-state index contributed by atoms with van der Waals surface area (Å²) in [7, 11) is 0. The van der Waals surface area contributed by atoms with Gasteiger partial charge in [-0.2, -0.15) is 0 Å². The Morgan fingerprint density at radius 2 is 2.07 bits per heavy atom. The smallest absolute Gasteiger partial charge is 0.272 e. The number of piperidine rings is 1. The van der Waals surface area contributed by atoms with Crippen molar-refractivity contribution in [3.63, 3.8) is 0 Å². The molecule has 158 valence electrons. The van der Waals surface area contributed by atoms with Crippen LogP contribution >= 0.6 is 0 Å². The van der Waals surface area contributed by atoms with Crippen molar-refractivity contribution in [2.24, 2.45) is 11.8 Å². The highest BCUT2D eigenvalue weighted by Crippen LogP contribution is 2.27. The zero-order chi connectivity index (χ0) is 20.8. The summed E-state index contributed by atoms with van der Waals surface area (Å²) < 4.78 is 5.49. The Morgan fingerprint density at radius 3 is 2.69 bits per heavy atom. The summed E-state index contributed by atoms with van der Waals surface area (Å²) in [5.41, 5.74) is -0.0125. The van der Waals surface area contributed by atoms with E-state index in [2.05, 4.69) is 17.1 Å². The second-order valence-electron chi connectivity index (χ2n) is 7.77. The number of non-ortho nitro benzene ring substituents is 1. The van der Waals surface area contributed by atoms with Crippen molar-refractivity contribution in [1.82, 2.24) is 9.91 Å². The molecule has 0 radical (unpaired) electrons. The van der Waals surface area contributed by atoms with Gasteiger partial charge in [0, 0.05) is 31.8 Å². The van der Waals surface area contributed by atoms with E-state index >= 15 is 0 Å². The summed E-state index contributed by atoms with van der Waals surface area (Å²) in [6.07, 6.45) is 9.67. The van der Waals surface area contributed by atoms with E-state index in [1.807, 2.05) is 0 Å². The molecule has 0 saturated carbocycles. The average molecular weight is 402 g/mol. The number of likely N-dealkylation sites (tertiary alicyclic amines) is 1. The van der Waals surface area contributed by atoms with Crippen LogP contribution in [0, 0.1) is 16.0 Å². The first kappa shape index (κ1) is 21.3. The second-order valence-corrected chi connectivity index (χ2v) is 7.77. The van der Waals surface area contributed by atoms with Gasteiger partial charge in [0.25, 0.3) is 11.6 Å². The van der Waals surface area contributed by atoms with Crippen LogP contribution in [0.3, 0.4) is 0 Å². The lowest BCUT2D eigenvalue weighted by atomic mass is 9.93. The van der Waals surface area contributed by atoms with Gasteiger partial charge >= 0.3 is 0 Å². The summed E-state index contributed by atoms with van der Waals surface area (Å²) in [6, 6.07) is 3.96. The maximum atomic E-state index is 13.0. The number of hydrogen-bond acceptors (Lipinski definition) is 6. The highest BCUT2D eigenvalue weighted by atomic mass is 16.6. The van der Waals surface area contributed by atoms with E-state index in [0.29, 0.717) is 18.3 Å². The van der Waals surface area contributed by atoms with E-state index in [1.54, 1.807) is 6.92 Å². The second kappa shape index (κ2) is 9.84. The standard InChI is InChI=1S/C21H30N4O4/c1-2-29-20-9-8-18(25(27)28)14-19(20)21(26)24(22)17-10-12-23(13-11-17)15-16-6-4-3-5-7-16/h3-4,8-9,14,16-17H,2,5-7,10-13,15,22H2,1H3/t16-/m0/s1. The van der Waals surface area contributed by atoms with Crippen molar-refractivity contribution in [2.45, 2.75) is 45.1 Å². The third-order valence-corrected chi connectivity index (χ3v) is 5.78. The Bertz CT molecular complexity index is 759. The maximum absolute atomic E-state index is 13.0. The summed E-state index contributed by atoms with van der Waals surface area (Å²) in [5, 5.41) is 12.4. The SMILES string of the molecule is CCOc1ccc([N+](=O)[O-])cc1C(=O)N(N)C1CCN(C[C@H]2CC=CCC2)CC1. The summed E-state index contributed by atoms with van der Waals surface area (Å²) in [4.78, 5) is 26.0. The van der Waals surface area contributed by atoms with Crippen molar-refractivity contribution < 1.29 is 14.5 Å². The molecule has 3 rings (SSSR count). The number of carbonyl (C=O) groups is 1. The number of carbonyl (C=O) groups excluding carboxylic acids is 1. The first-order chi connectivity index (χ1) is 14.0. The highest BCUT2D eigenvalue weighted by molar-refractivity contribution is 5.97. The van der Waals surface area contributed by atoms with Crippen molar-refractivity contribution in [3.8, 4) is 5.75 Å². The molecule has 0 bridgehead atoms. The minimum atomic E-state index is -0.522. The minimum absolute atomic E-state index is 0.0845. The molecular formula is C21H30N4O4. The maximum Gasteiger partial charge on any atom is 0.272 e. The molecule has 1 heterocycles. The Balaban J connectivity index is 1.62. The zero-order valence-electron chi connectivity index (χ0n) is 17.0. The lowest BCUT2D eigenvalue weighted by Gasteiger charge is -2.37. The quantitative estimate of drug-likeness (QED) is 0.247. The molecule has 29 heavy (non-hydrogen) atoms. The fourth-order valence-electron chi connectivity index (χ4n) is 4.15. The molecule has 0 unspecified atom stereocenters. The number of ether oxygens (including phenoxy) is 1. The molecule has 1 atom stereocenters. The van der Waals surface area contributed by atoms with Crippen LogP contribution in [0.25, 0.3) is 0 Å². The van der Waals surface area contributed by atoms with Crippen LogP contribution in [0.5, 0.6) is 5.75 Å². The molecule has 1 aliphatic heterocycles. The van der Waals surface area contributed by atoms with Crippen molar-refractivity contribution >= 4 is 11.6 Å². The van der Waals surface area contributed by atoms with Gasteiger partial charge in [0.05, 0.1) is 23.1 Å². The van der Waals surface area contributed by atoms with E-state index in [-0.39, 0.29) is 17.3 Å². The van der Waals surface area contributed by atoms with Gasteiger partial charge < -0.3 is 9.64 Å². The highest BCUT2D eigenvalue weighted by Gasteiger charge is 2.30. The molecule has 0 spiro atoms. The normalized spacial score (nSPS) is 20.4. The predicted octanol–water partition coefficient (Wildman–Crippen LogP) is 3.13. The van der Waals surface area contributed by atoms with E-state index in [0.717, 1.165) is 45.3 Å². The summed E-state index contributed by atoms with van der Waals surface area (Å²) in [6.45, 7) is 5.05. The first-order valence-corrected chi connectivity index (χ1v) is 10.4. The van der Waals surface area contributed by atoms with Crippen LogP contribution in [0.4, 0.5) is 5.69 Å². The molecule has 8 nitrogen and oxygen atoms in total. The molecule has 1 amide bonds. The van der Waals surface area contributed by atoms with E-state index in [9.17, 15) is 14.9 Å². The number of nitro groups is 1. The van der Waals surface area contributed by atoms with Gasteiger partial charge in [-0.15, -0.1) is 0 Å². The lowest BCUT2D eigenvalue weighted by Crippen LogP contribution is -2.51. The molecule has 1 fully saturated rings. The molecule has 1 saturated heterocycles. The van der Waals surface area contributed by atoms with Crippen molar-refractivity contribution in [2.75, 3.05) is 26.2 Å². The number of rotatable bonds is 7. The van der Waals surface area contributed by atoms with Gasteiger partial charge in [-0.1, -0.05) is 12.2 Å². The predicted molar refractivity (Wildman–Crippen MR) is 111 cm³/mol. The van der Waals surface area contributed by atoms with Gasteiger partial charge in [-0.25, -0.2) is 5.84 Å². The molecule has 1 aromatic carbocycles. The Kier molecular flexibility index (Phi) is 7.22. The molecule has 2 N–H and O–H groups in total. The van der Waals surface area contributed by atoms with Gasteiger partial charge in [0.2, 0.25) is 0 Å². The molecule has 1 aliphatic carbocycles. The van der Waals surface area contributed by atoms with Crippen LogP contribution in [0.15, 0.2) is 30.4 Å². The van der Waals surface area contributed by atoms with Crippen LogP contribution in [-0.2, 0) is 0 Å². The number of amides is 1. The van der Waals surface area contributed by atoms with Crippen LogP contribution in [0.1, 0.15) is 49.4 Å². The van der Waals surface area contributed by atoms with Gasteiger partial charge in [-0.05, 0) is 51.0 Å². The number of nitrogens with two attached hydrogens (primary N) is 1. The molecule has 1 aromatic rings. The number of nitro benzene ring substituents is 1. The monoisotopic (exact) mass is 402 g/mol. The van der Waals surface area contributed by atoms with Crippen LogP contribution in [-0.4, -0.2) is 53.0 Å². The van der Waals surface area contributed by atoms with Crippen LogP contribution < -0.4 is 10.6 Å². The van der Waals surface area contributed by atoms with Gasteiger partial charge in [0.15, 0.2) is 0 Å². The third kappa shape index (κ3) is 5.33. The molecule has 2 aliphatic rings. The fraction of sp³-hybridized carbons (Fsp3) is 0.571. The lowest BCUT2D eigenvalue weighted by molar-refractivity contribution is -0.384. The minimum Gasteiger partial charge on any atom is -0.493 e.